The minimum absolute atomic E-state index is 1.18. The summed E-state index contributed by atoms with van der Waals surface area (Å²) in [5, 5.41) is 0. The van der Waals surface area contributed by atoms with Crippen molar-refractivity contribution in [3.8, 4) is 0 Å². The van der Waals surface area contributed by atoms with Gasteiger partial charge in [0.25, 0.3) is 0 Å². The van der Waals surface area contributed by atoms with Crippen LogP contribution >= 0.6 is 0 Å². The molecule has 0 saturated carbocycles. The first-order chi connectivity index (χ1) is 30.0. The average molecular weight is 941 g/mol. The summed E-state index contributed by atoms with van der Waals surface area (Å²) in [6, 6.07) is 6.43. The topological polar surface area (TPSA) is 3.88 Å². The van der Waals surface area contributed by atoms with Crippen LogP contribution in [0.2, 0.25) is 0 Å². The molecule has 1 aromatic heterocycles. The molecule has 348 valence electrons. The Bertz CT molecular complexity index is 2150. The number of rotatable bonds is 15. The van der Waals surface area contributed by atoms with Crippen molar-refractivity contribution in [2.24, 2.45) is 0 Å². The highest BCUT2D eigenvalue weighted by Gasteiger charge is 2.52. The Kier molecular flexibility index (Phi) is 16.9. The highest BCUT2D eigenvalue weighted by atomic mass is 19.2. The lowest BCUT2D eigenvalue weighted by Gasteiger charge is -2.44. The van der Waals surface area contributed by atoms with E-state index in [1.54, 1.807) is 0 Å². The fourth-order valence-electron chi connectivity index (χ4n) is 7.46. The predicted molar refractivity (Wildman–Crippen MR) is 192 cm³/mol. The Morgan fingerprint density at radius 1 is 0.328 bits per heavy atom. The summed E-state index contributed by atoms with van der Waals surface area (Å²) in [6.45, 7) is 5.66. The van der Waals surface area contributed by atoms with Crippen molar-refractivity contribution in [1.29, 1.82) is 0 Å². The molecule has 0 aliphatic rings. The third-order valence-electron chi connectivity index (χ3n) is 10.6. The van der Waals surface area contributed by atoms with Crippen LogP contribution in [0.1, 0.15) is 76.8 Å². The van der Waals surface area contributed by atoms with E-state index in [4.69, 9.17) is 0 Å². The Hall–Kier alpha value is -5.31. The van der Waals surface area contributed by atoms with Crippen molar-refractivity contribution in [2.75, 3.05) is 0 Å². The van der Waals surface area contributed by atoms with Crippen LogP contribution in [0, 0.1) is 123 Å². The summed E-state index contributed by atoms with van der Waals surface area (Å²) in [4.78, 5) is 0. The van der Waals surface area contributed by atoms with Crippen molar-refractivity contribution in [1.82, 2.24) is 0 Å². The zero-order chi connectivity index (χ0) is 48.1. The molecule has 0 amide bonds. The Morgan fingerprint density at radius 2 is 0.562 bits per heavy atom. The summed E-state index contributed by atoms with van der Waals surface area (Å²) >= 11 is 0. The van der Waals surface area contributed by atoms with Crippen molar-refractivity contribution in [3.63, 3.8) is 0 Å². The van der Waals surface area contributed by atoms with E-state index >= 15 is 35.1 Å². The van der Waals surface area contributed by atoms with Crippen LogP contribution in [-0.2, 0) is 6.54 Å². The predicted octanol–water partition coefficient (Wildman–Crippen LogP) is 11.0. The smallest absolute Gasteiger partial charge is 0.200 e. The number of halogens is 20. The van der Waals surface area contributed by atoms with Gasteiger partial charge in [0, 0.05) is 25.5 Å². The van der Waals surface area contributed by atoms with E-state index in [-0.39, 0.29) is 0 Å². The van der Waals surface area contributed by atoms with E-state index in [0.717, 1.165) is 0 Å². The molecule has 0 bridgehead atoms. The maximum absolute atomic E-state index is 15.4. The van der Waals surface area contributed by atoms with Gasteiger partial charge in [-0.25, -0.2) is 92.4 Å². The number of benzene rings is 4. The molecular weight excluding hydrogens is 909 g/mol. The molecule has 0 saturated heterocycles. The highest BCUT2D eigenvalue weighted by molar-refractivity contribution is 7.20. The maximum atomic E-state index is 15.4. The summed E-state index contributed by atoms with van der Waals surface area (Å²) in [5.41, 5.74) is -13.0. The number of pyridine rings is 1. The molecule has 0 aliphatic heterocycles. The van der Waals surface area contributed by atoms with Crippen LogP contribution in [-0.4, -0.2) is 6.15 Å². The largest absolute Gasteiger partial charge is 0.207 e. The zero-order valence-electron chi connectivity index (χ0n) is 33.2. The Balaban J connectivity index is 0.000000395. The van der Waals surface area contributed by atoms with Crippen LogP contribution in [0.25, 0.3) is 0 Å². The second-order valence-electron chi connectivity index (χ2n) is 14.5. The van der Waals surface area contributed by atoms with Crippen molar-refractivity contribution >= 4 is 28.0 Å². The fourth-order valence-corrected chi connectivity index (χ4v) is 7.46. The van der Waals surface area contributed by atoms with E-state index in [9.17, 15) is 52.7 Å². The lowest BCUT2D eigenvalue weighted by Crippen LogP contribution is -2.81. The minimum Gasteiger partial charge on any atom is -0.207 e. The van der Waals surface area contributed by atoms with Crippen molar-refractivity contribution in [3.05, 3.63) is 146 Å². The van der Waals surface area contributed by atoms with E-state index in [1.807, 2.05) is 0 Å². The van der Waals surface area contributed by atoms with E-state index in [1.165, 1.54) is 76.4 Å². The lowest BCUT2D eigenvalue weighted by molar-refractivity contribution is -0.703. The first kappa shape index (κ1) is 51.3. The lowest BCUT2D eigenvalue weighted by atomic mass is 9.12. The van der Waals surface area contributed by atoms with Crippen LogP contribution in [0.4, 0.5) is 87.8 Å². The number of hydrogen-bond acceptors (Lipinski definition) is 0. The summed E-state index contributed by atoms with van der Waals surface area (Å²) in [5.74, 6) is -71.4. The molecule has 0 N–H and O–H groups in total. The van der Waals surface area contributed by atoms with Gasteiger partial charge in [0.15, 0.2) is 81.7 Å². The maximum Gasteiger partial charge on any atom is 0.200 e. The molecule has 0 unspecified atom stereocenters. The fraction of sp³-hybridized carbons (Fsp3) is 0.310. The first-order valence-electron chi connectivity index (χ1n) is 19.2. The molecule has 22 heteroatoms. The van der Waals surface area contributed by atoms with Gasteiger partial charge in [-0.1, -0.05) is 64.4 Å². The molecule has 0 atom stereocenters. The molecule has 1 heterocycles. The van der Waals surface area contributed by atoms with E-state index < -0.39 is 144 Å². The van der Waals surface area contributed by atoms with Gasteiger partial charge in [-0.2, -0.15) is 0 Å². The molecule has 5 rings (SSSR count). The summed E-state index contributed by atoms with van der Waals surface area (Å²) in [6.07, 6.45) is 9.12. The number of aryl methyl sites for hydroxylation is 2. The third kappa shape index (κ3) is 9.28. The molecule has 0 aliphatic carbocycles. The van der Waals surface area contributed by atoms with Gasteiger partial charge in [-0.15, -0.1) is 21.9 Å². The zero-order valence-corrected chi connectivity index (χ0v) is 33.2. The van der Waals surface area contributed by atoms with Gasteiger partial charge >= 0.3 is 0 Å². The molecule has 0 radical (unpaired) electrons. The summed E-state index contributed by atoms with van der Waals surface area (Å²) < 4.78 is 296. The number of hydrogen-bond donors (Lipinski definition) is 0. The SMILES string of the molecule is CCCCCCCCCCCC[n+]1ccccc1C.Fc1c(F)c(F)c([B-](c2c(F)c(F)c(F)c(F)c2F)(c2c(F)c(F)c(F)c(F)c2F)c2c(F)c(F)c(F)c(F)c2F)c(F)c1F. The molecule has 0 spiro atoms. The quantitative estimate of drug-likeness (QED) is 0.0246. The van der Waals surface area contributed by atoms with Crippen molar-refractivity contribution < 1.29 is 92.4 Å². The molecule has 5 aromatic rings. The number of nitrogens with zero attached hydrogens (tertiary/aromatic N) is 1. The highest BCUT2D eigenvalue weighted by Crippen LogP contribution is 2.31. The van der Waals surface area contributed by atoms with Crippen LogP contribution in [0.5, 0.6) is 0 Å². The van der Waals surface area contributed by atoms with Crippen molar-refractivity contribution in [2.45, 2.75) is 84.6 Å². The first-order valence-corrected chi connectivity index (χ1v) is 19.2. The van der Waals surface area contributed by atoms with Crippen LogP contribution in [0.3, 0.4) is 0 Å². The summed E-state index contributed by atoms with van der Waals surface area (Å²) in [7, 11) is 0. The van der Waals surface area contributed by atoms with Gasteiger partial charge in [-0.3, -0.25) is 0 Å². The van der Waals surface area contributed by atoms with Gasteiger partial charge in [0.05, 0.1) is 0 Å². The number of aromatic nitrogens is 1. The molecule has 4 aromatic carbocycles. The van der Waals surface area contributed by atoms with E-state index in [2.05, 4.69) is 42.8 Å². The van der Waals surface area contributed by atoms with Crippen LogP contribution < -0.4 is 26.4 Å². The molecule has 1 nitrogen and oxygen atoms in total. The monoisotopic (exact) mass is 941 g/mol. The molecule has 0 fully saturated rings. The standard InChI is InChI=1S/C24BF20.C18H32N/c26-5-1(6(27)14(35)21(42)13(5)34)25(2-7(28)15(36)22(43)16(37)8(2)29,3-9(30)17(38)23(44)18(39)10(3)31)4-11(32)19(40)24(45)20(41)12(4)33;1-3-4-5-6-7-8-9-10-11-13-16-19-17-14-12-15-18(19)2/h;12,14-15,17H,3-11,13,16H2,1-2H3/q-1;+1. The van der Waals surface area contributed by atoms with Gasteiger partial charge < -0.3 is 0 Å². The van der Waals surface area contributed by atoms with Gasteiger partial charge in [0.1, 0.15) is 59.2 Å². The Labute approximate surface area is 351 Å². The Morgan fingerprint density at radius 3 is 0.812 bits per heavy atom. The average Bonchev–Trinajstić information content (AvgIpc) is 3.27. The van der Waals surface area contributed by atoms with Crippen LogP contribution in [0.15, 0.2) is 24.4 Å². The number of unbranched alkanes of at least 4 members (excludes halogenated alkanes) is 9. The van der Waals surface area contributed by atoms with Gasteiger partial charge in [0.2, 0.25) is 0 Å². The van der Waals surface area contributed by atoms with Gasteiger partial charge in [-0.05, 0) is 6.42 Å². The second-order valence-corrected chi connectivity index (χ2v) is 14.5. The minimum atomic E-state index is -7.22. The molecular formula is C42H32BF20N. The van der Waals surface area contributed by atoms with E-state index in [0.29, 0.717) is 0 Å². The third-order valence-corrected chi connectivity index (χ3v) is 10.6. The second kappa shape index (κ2) is 21.1. The molecule has 64 heavy (non-hydrogen) atoms. The normalized spacial score (nSPS) is 11.7.